The summed E-state index contributed by atoms with van der Waals surface area (Å²) in [6.07, 6.45) is 1.96. The first-order chi connectivity index (χ1) is 20.1. The summed E-state index contributed by atoms with van der Waals surface area (Å²) in [5, 5.41) is 0. The Morgan fingerprint density at radius 3 is 1.17 bits per heavy atom. The van der Waals surface area contributed by atoms with Crippen molar-refractivity contribution in [2.24, 2.45) is 0 Å². The van der Waals surface area contributed by atoms with Crippen molar-refractivity contribution >= 4 is 21.8 Å². The molecule has 2 nitrogen and oxygen atoms in total. The lowest BCUT2D eigenvalue weighted by Crippen LogP contribution is -2.23. The minimum Gasteiger partial charge on any atom is -0.446 e. The summed E-state index contributed by atoms with van der Waals surface area (Å²) in [6, 6.07) is 17.5. The maximum atomic E-state index is 6.75. The molecule has 0 bridgehead atoms. The van der Waals surface area contributed by atoms with E-state index in [0.717, 1.165) is 35.8 Å². The molecule has 4 aromatic carbocycles. The van der Waals surface area contributed by atoms with Crippen LogP contribution in [0.5, 0.6) is 23.0 Å². The van der Waals surface area contributed by atoms with Gasteiger partial charge in [-0.2, -0.15) is 0 Å². The zero-order valence-corrected chi connectivity index (χ0v) is 28.3. The number of allylic oxidation sites excluding steroid dienone is 2. The maximum absolute atomic E-state index is 6.75. The van der Waals surface area contributed by atoms with Gasteiger partial charge >= 0.3 is 0 Å². The molecule has 4 aromatic rings. The van der Waals surface area contributed by atoms with Gasteiger partial charge in [-0.3, -0.25) is 0 Å². The predicted octanol–water partition coefficient (Wildman–Crippen LogP) is 11.2. The van der Waals surface area contributed by atoms with Gasteiger partial charge in [0.05, 0.1) is 0 Å². The second-order valence-electron chi connectivity index (χ2n) is 11.6. The Morgan fingerprint density at radius 1 is 0.476 bits per heavy atom. The van der Waals surface area contributed by atoms with Crippen LogP contribution in [0, 0.1) is 55.4 Å². The number of ether oxygens (including phenoxy) is 2. The molecule has 0 spiro atoms. The third-order valence-corrected chi connectivity index (χ3v) is 15.1. The Labute approximate surface area is 257 Å². The van der Waals surface area contributed by atoms with Crippen LogP contribution < -0.4 is 9.47 Å². The molecule has 6 rings (SSSR count). The molecular weight excluding hydrogens is 553 g/mol. The smallest absolute Gasteiger partial charge is 0.212 e. The van der Waals surface area contributed by atoms with E-state index in [1.54, 1.807) is 9.81 Å². The Hall–Kier alpha value is -3.08. The largest absolute Gasteiger partial charge is 0.446 e. The van der Waals surface area contributed by atoms with Crippen molar-refractivity contribution in [3.8, 4) is 23.0 Å². The highest BCUT2D eigenvalue weighted by Gasteiger charge is 2.51. The fraction of sp³-hybridized carbons (Fsp3) is 0.316. The van der Waals surface area contributed by atoms with Crippen LogP contribution in [0.1, 0.15) is 71.2 Å². The molecule has 2 unspecified atom stereocenters. The third-order valence-electron chi connectivity index (χ3n) is 9.57. The second kappa shape index (κ2) is 10.9. The molecule has 0 radical (unpaired) electrons. The first-order valence-corrected chi connectivity index (χ1v) is 17.5. The fourth-order valence-corrected chi connectivity index (χ4v) is 12.5. The van der Waals surface area contributed by atoms with Gasteiger partial charge in [-0.1, -0.05) is 38.1 Å². The predicted molar refractivity (Wildman–Crippen MR) is 179 cm³/mol. The highest BCUT2D eigenvalue weighted by atomic mass is 32.2. The van der Waals surface area contributed by atoms with Gasteiger partial charge in [0.2, 0.25) is 19.6 Å². The lowest BCUT2D eigenvalue weighted by molar-refractivity contribution is 0.447. The van der Waals surface area contributed by atoms with Crippen LogP contribution in [-0.2, 0) is 21.8 Å². The van der Waals surface area contributed by atoms with Crippen LogP contribution in [0.15, 0.2) is 77.9 Å². The molecule has 2 atom stereocenters. The highest BCUT2D eigenvalue weighted by Crippen LogP contribution is 2.56. The van der Waals surface area contributed by atoms with Crippen LogP contribution in [0.25, 0.3) is 0 Å². The molecule has 2 aliphatic rings. The monoisotopic (exact) mass is 594 g/mol. The Balaban J connectivity index is 1.73. The summed E-state index contributed by atoms with van der Waals surface area (Å²) in [4.78, 5) is 8.43. The lowest BCUT2D eigenvalue weighted by atomic mass is 9.98. The van der Waals surface area contributed by atoms with Crippen LogP contribution in [0.3, 0.4) is 0 Å². The minimum atomic E-state index is -0.259. The molecule has 0 saturated heterocycles. The first kappa shape index (κ1) is 29.0. The number of hydrogen-bond acceptors (Lipinski definition) is 2. The van der Waals surface area contributed by atoms with E-state index < -0.39 is 0 Å². The quantitative estimate of drug-likeness (QED) is 0.219. The van der Waals surface area contributed by atoms with Crippen molar-refractivity contribution in [3.05, 3.63) is 103 Å². The van der Waals surface area contributed by atoms with Gasteiger partial charge in [0.25, 0.3) is 0 Å². The molecular formula is C38H42O2S2+2. The summed E-state index contributed by atoms with van der Waals surface area (Å²) in [6.45, 7) is 22.8. The molecule has 42 heavy (non-hydrogen) atoms. The molecule has 2 heterocycles. The van der Waals surface area contributed by atoms with Crippen molar-refractivity contribution in [1.82, 2.24) is 0 Å². The SMILES string of the molecule is CC/C(=C(/CC)[S+]1c2ccccc2Oc2c(C)c(C)c(C)c(C)c21)[S+]1c2ccccc2Oc2c(C)c(C)c(C)c(C)c21. The van der Waals surface area contributed by atoms with Gasteiger partial charge in [0.1, 0.15) is 21.8 Å². The van der Waals surface area contributed by atoms with E-state index in [1.165, 1.54) is 64.1 Å². The number of hydrogen-bond donors (Lipinski definition) is 0. The van der Waals surface area contributed by atoms with Gasteiger partial charge in [-0.15, -0.1) is 0 Å². The third kappa shape index (κ3) is 4.17. The maximum Gasteiger partial charge on any atom is 0.212 e. The normalized spacial score (nSPS) is 17.3. The van der Waals surface area contributed by atoms with Crippen molar-refractivity contribution in [2.45, 2.75) is 102 Å². The molecule has 0 amide bonds. The molecule has 0 saturated carbocycles. The van der Waals surface area contributed by atoms with E-state index in [0.29, 0.717) is 0 Å². The Bertz CT molecular complexity index is 1670. The average Bonchev–Trinajstić information content (AvgIpc) is 3.01. The van der Waals surface area contributed by atoms with Gasteiger partial charge < -0.3 is 9.47 Å². The van der Waals surface area contributed by atoms with Crippen molar-refractivity contribution in [2.75, 3.05) is 0 Å². The highest BCUT2D eigenvalue weighted by molar-refractivity contribution is 8.04. The van der Waals surface area contributed by atoms with Crippen molar-refractivity contribution in [3.63, 3.8) is 0 Å². The molecule has 0 aliphatic carbocycles. The first-order valence-electron chi connectivity index (χ1n) is 15.1. The molecule has 0 fully saturated rings. The minimum absolute atomic E-state index is 0.259. The zero-order chi connectivity index (χ0) is 30.0. The number of fused-ring (bicyclic) bond motifs is 4. The number of benzene rings is 4. The zero-order valence-electron chi connectivity index (χ0n) is 26.7. The van der Waals surface area contributed by atoms with Gasteiger partial charge in [0.15, 0.2) is 32.8 Å². The van der Waals surface area contributed by atoms with E-state index in [2.05, 4.69) is 118 Å². The van der Waals surface area contributed by atoms with Crippen LogP contribution in [0.2, 0.25) is 0 Å². The standard InChI is InChI=1S/C38H42O2S2/c1-11-31(41-33-19-15-13-17-29(33)39-35-25(7)21(3)23(5)27(9)37(35)41)32(12-2)42-34-20-16-14-18-30(34)40-36-26(8)22(4)24(6)28(10)38(36)42/h13-20H,11-12H2,1-10H3/q+2/b32-31+. The molecule has 0 N–H and O–H groups in total. The number of para-hydroxylation sites is 2. The lowest BCUT2D eigenvalue weighted by Gasteiger charge is -2.28. The van der Waals surface area contributed by atoms with E-state index in [-0.39, 0.29) is 21.8 Å². The molecule has 2 aliphatic heterocycles. The average molecular weight is 595 g/mol. The number of rotatable bonds is 4. The second-order valence-corrected chi connectivity index (χ2v) is 15.5. The molecule has 4 heteroatoms. The molecule has 0 aromatic heterocycles. The van der Waals surface area contributed by atoms with E-state index in [1.807, 2.05) is 0 Å². The summed E-state index contributed by atoms with van der Waals surface area (Å²) in [7, 11) is -0.518. The van der Waals surface area contributed by atoms with Crippen LogP contribution in [-0.4, -0.2) is 0 Å². The topological polar surface area (TPSA) is 18.5 Å². The van der Waals surface area contributed by atoms with Gasteiger partial charge in [-0.05, 0) is 102 Å². The van der Waals surface area contributed by atoms with E-state index >= 15 is 0 Å². The summed E-state index contributed by atoms with van der Waals surface area (Å²) >= 11 is 0. The van der Waals surface area contributed by atoms with Crippen molar-refractivity contribution in [1.29, 1.82) is 0 Å². The summed E-state index contributed by atoms with van der Waals surface area (Å²) in [5.41, 5.74) is 10.7. The van der Waals surface area contributed by atoms with Gasteiger partial charge in [-0.25, -0.2) is 0 Å². The Kier molecular flexibility index (Phi) is 7.52. The van der Waals surface area contributed by atoms with Gasteiger partial charge in [0, 0.05) is 35.1 Å². The van der Waals surface area contributed by atoms with Crippen molar-refractivity contribution < 1.29 is 9.47 Å². The summed E-state index contributed by atoms with van der Waals surface area (Å²) < 4.78 is 13.5. The van der Waals surface area contributed by atoms with E-state index in [4.69, 9.17) is 9.47 Å². The molecule has 216 valence electrons. The van der Waals surface area contributed by atoms with Crippen LogP contribution >= 0.6 is 0 Å². The van der Waals surface area contributed by atoms with Crippen LogP contribution in [0.4, 0.5) is 0 Å². The fourth-order valence-electron chi connectivity index (χ4n) is 6.49. The summed E-state index contributed by atoms with van der Waals surface area (Å²) in [5.74, 6) is 4.12. The Morgan fingerprint density at radius 2 is 0.810 bits per heavy atom. The van der Waals surface area contributed by atoms with E-state index in [9.17, 15) is 0 Å².